The molecule has 32 heavy (non-hydrogen) atoms. The number of rotatable bonds is 3. The molecule has 0 bridgehead atoms. The third-order valence-electron chi connectivity index (χ3n) is 9.72. The van der Waals surface area contributed by atoms with E-state index in [2.05, 4.69) is 18.6 Å². The van der Waals surface area contributed by atoms with E-state index in [0.717, 1.165) is 56.1 Å². The van der Waals surface area contributed by atoms with Gasteiger partial charge in [0.25, 0.3) is 0 Å². The number of ketones is 1. The molecule has 4 aliphatic carbocycles. The lowest BCUT2D eigenvalue weighted by Gasteiger charge is -2.59. The second-order valence-electron chi connectivity index (χ2n) is 11.2. The van der Waals surface area contributed by atoms with Crippen molar-refractivity contribution >= 4 is 11.9 Å². The summed E-state index contributed by atoms with van der Waals surface area (Å²) in [6.45, 7) is 1.80. The van der Waals surface area contributed by atoms with Crippen molar-refractivity contribution in [3.63, 3.8) is 0 Å². The van der Waals surface area contributed by atoms with Gasteiger partial charge in [-0.1, -0.05) is 26.0 Å². The number of aliphatic hydroxyl groups excluding tert-OH is 1. The zero-order valence-electron chi connectivity index (χ0n) is 19.0. The van der Waals surface area contributed by atoms with Gasteiger partial charge in [0, 0.05) is 5.41 Å². The van der Waals surface area contributed by atoms with Crippen LogP contribution in [0.2, 0.25) is 0 Å². The van der Waals surface area contributed by atoms with Gasteiger partial charge in [-0.2, -0.15) is 8.78 Å². The molecule has 0 saturated heterocycles. The summed E-state index contributed by atoms with van der Waals surface area (Å²) in [7, 11) is 0. The van der Waals surface area contributed by atoms with Gasteiger partial charge in [0.15, 0.2) is 5.78 Å². The third kappa shape index (κ3) is 3.52. The predicted molar refractivity (Wildman–Crippen MR) is 119 cm³/mol. The zero-order chi connectivity index (χ0) is 22.7. The molecule has 5 rings (SSSR count). The molecule has 174 valence electrons. The number of hydrogen-bond acceptors (Lipinski definition) is 3. The molecule has 0 aliphatic heterocycles. The zero-order valence-corrected chi connectivity index (χ0v) is 19.0. The average Bonchev–Trinajstić information content (AvgIpc) is 3.00. The molecule has 0 amide bonds. The van der Waals surface area contributed by atoms with Gasteiger partial charge >= 0.3 is 6.61 Å². The van der Waals surface area contributed by atoms with Crippen LogP contribution in [0.25, 0.3) is 6.08 Å². The number of carbonyl (C=O) groups excluding carboxylic acids is 1. The summed E-state index contributed by atoms with van der Waals surface area (Å²) in [6.07, 6.45) is 9.97. The normalized spacial score (nSPS) is 42.5. The molecule has 0 aromatic heterocycles. The quantitative estimate of drug-likeness (QED) is 0.560. The van der Waals surface area contributed by atoms with E-state index in [-0.39, 0.29) is 23.1 Å². The van der Waals surface area contributed by atoms with E-state index in [1.807, 2.05) is 6.08 Å². The Morgan fingerprint density at radius 3 is 2.53 bits per heavy atom. The van der Waals surface area contributed by atoms with Gasteiger partial charge in [-0.3, -0.25) is 4.79 Å². The summed E-state index contributed by atoms with van der Waals surface area (Å²) in [5, 5.41) is 10.2. The Morgan fingerprint density at radius 1 is 1.06 bits per heavy atom. The number of ether oxygens (including phenoxy) is 1. The average molecular weight is 445 g/mol. The second-order valence-corrected chi connectivity index (χ2v) is 11.2. The van der Waals surface area contributed by atoms with E-state index in [0.29, 0.717) is 29.1 Å². The Kier molecular flexibility index (Phi) is 5.47. The maximum atomic E-state index is 13.5. The van der Waals surface area contributed by atoms with Gasteiger partial charge < -0.3 is 9.84 Å². The highest BCUT2D eigenvalue weighted by Gasteiger charge is 2.61. The van der Waals surface area contributed by atoms with Crippen LogP contribution in [0.5, 0.6) is 5.75 Å². The fourth-order valence-electron chi connectivity index (χ4n) is 7.98. The first-order chi connectivity index (χ1) is 15.2. The molecule has 0 heterocycles. The first kappa shape index (κ1) is 22.1. The Labute approximate surface area is 189 Å². The van der Waals surface area contributed by atoms with Crippen LogP contribution in [0.3, 0.4) is 0 Å². The topological polar surface area (TPSA) is 46.5 Å². The van der Waals surface area contributed by atoms with Crippen LogP contribution >= 0.6 is 0 Å². The molecular weight excluding hydrogens is 410 g/mol. The van der Waals surface area contributed by atoms with Crippen molar-refractivity contribution in [2.45, 2.75) is 77.9 Å². The van der Waals surface area contributed by atoms with Crippen LogP contribution in [0.15, 0.2) is 29.8 Å². The lowest BCUT2D eigenvalue weighted by molar-refractivity contribution is -0.141. The van der Waals surface area contributed by atoms with Crippen molar-refractivity contribution in [2.24, 2.45) is 34.5 Å². The van der Waals surface area contributed by atoms with Crippen molar-refractivity contribution in [3.05, 3.63) is 35.4 Å². The van der Waals surface area contributed by atoms with Crippen molar-refractivity contribution in [2.75, 3.05) is 0 Å². The van der Waals surface area contributed by atoms with Gasteiger partial charge in [0.1, 0.15) is 5.75 Å². The number of aliphatic hydroxyl groups is 1. The number of benzene rings is 1. The van der Waals surface area contributed by atoms with Gasteiger partial charge in [-0.05, 0) is 110 Å². The summed E-state index contributed by atoms with van der Waals surface area (Å²) in [5.74, 6) is 2.61. The molecule has 1 aromatic carbocycles. The molecule has 1 aromatic rings. The standard InChI is InChI=1S/C27H34F2O3/c1-26-11-9-19(30)15-18(26)5-8-21-22(26)10-12-27(2)23(21)14-17(24(27)31)13-16-3-6-20(7-4-16)32-25(28)29/h3-4,6-7,13,18-19,21-23,25,30H,5,8-12,14-15H2,1-2H3/b17-13+/t18-,19+,21-,22+,23+,26-,27+/m0/s1. The van der Waals surface area contributed by atoms with E-state index in [1.165, 1.54) is 18.6 Å². The van der Waals surface area contributed by atoms with E-state index < -0.39 is 6.61 Å². The van der Waals surface area contributed by atoms with Crippen molar-refractivity contribution in [3.8, 4) is 5.75 Å². The Hall–Kier alpha value is -1.75. The summed E-state index contributed by atoms with van der Waals surface area (Å²) in [4.78, 5) is 13.5. The lowest BCUT2D eigenvalue weighted by atomic mass is 9.45. The van der Waals surface area contributed by atoms with E-state index in [9.17, 15) is 18.7 Å². The molecule has 0 spiro atoms. The van der Waals surface area contributed by atoms with Crippen LogP contribution in [0.1, 0.15) is 70.8 Å². The van der Waals surface area contributed by atoms with Crippen LogP contribution in [-0.2, 0) is 4.79 Å². The summed E-state index contributed by atoms with van der Waals surface area (Å²) >= 11 is 0. The van der Waals surface area contributed by atoms with Crippen LogP contribution in [0, 0.1) is 34.5 Å². The fourth-order valence-corrected chi connectivity index (χ4v) is 7.98. The largest absolute Gasteiger partial charge is 0.435 e. The van der Waals surface area contributed by atoms with Crippen molar-refractivity contribution in [1.29, 1.82) is 0 Å². The Balaban J connectivity index is 1.38. The van der Waals surface area contributed by atoms with Gasteiger partial charge in [0.2, 0.25) is 0 Å². The Bertz CT molecular complexity index is 910. The summed E-state index contributed by atoms with van der Waals surface area (Å²) < 4.78 is 29.2. The van der Waals surface area contributed by atoms with Gasteiger partial charge in [0.05, 0.1) is 6.10 Å². The molecule has 1 N–H and O–H groups in total. The highest BCUT2D eigenvalue weighted by Crippen LogP contribution is 2.66. The number of alkyl halides is 2. The summed E-state index contributed by atoms with van der Waals surface area (Å²) in [6, 6.07) is 6.54. The molecule has 4 aliphatic rings. The van der Waals surface area contributed by atoms with Crippen molar-refractivity contribution in [1.82, 2.24) is 0 Å². The minimum atomic E-state index is -2.84. The van der Waals surface area contributed by atoms with Crippen LogP contribution in [-0.4, -0.2) is 23.6 Å². The number of Topliss-reactive ketones (excluding diaryl/α,β-unsaturated/α-hetero) is 1. The first-order valence-electron chi connectivity index (χ1n) is 12.2. The third-order valence-corrected chi connectivity index (χ3v) is 9.72. The van der Waals surface area contributed by atoms with Gasteiger partial charge in [-0.15, -0.1) is 0 Å². The maximum Gasteiger partial charge on any atom is 0.387 e. The predicted octanol–water partition coefficient (Wildman–Crippen LogP) is 6.25. The van der Waals surface area contributed by atoms with E-state index in [1.54, 1.807) is 12.1 Å². The number of allylic oxidation sites excluding steroid dienone is 1. The number of carbonyl (C=O) groups is 1. The fraction of sp³-hybridized carbons (Fsp3) is 0.667. The number of halogens is 2. The molecule has 4 fully saturated rings. The Morgan fingerprint density at radius 2 is 1.81 bits per heavy atom. The van der Waals surface area contributed by atoms with Gasteiger partial charge in [-0.25, -0.2) is 0 Å². The molecule has 0 unspecified atom stereocenters. The van der Waals surface area contributed by atoms with E-state index >= 15 is 0 Å². The SMILES string of the molecule is C[C@]12CC[C@@H](O)C[C@@H]1CC[C@H]1[C@H]2CC[C@@]2(C)C(=O)/C(=C/c3ccc(OC(F)F)cc3)C[C@H]12. The minimum absolute atomic E-state index is 0.131. The first-order valence-corrected chi connectivity index (χ1v) is 12.2. The highest BCUT2D eigenvalue weighted by atomic mass is 19.3. The lowest BCUT2D eigenvalue weighted by Crippen LogP contribution is -2.54. The molecule has 5 heteroatoms. The molecule has 3 nitrogen and oxygen atoms in total. The maximum absolute atomic E-state index is 13.5. The van der Waals surface area contributed by atoms with Crippen LogP contribution in [0.4, 0.5) is 8.78 Å². The number of fused-ring (bicyclic) bond motifs is 5. The molecule has 0 radical (unpaired) electrons. The number of hydrogen-bond donors (Lipinski definition) is 1. The van der Waals surface area contributed by atoms with Crippen LogP contribution < -0.4 is 4.74 Å². The smallest absolute Gasteiger partial charge is 0.387 e. The molecular formula is C27H34F2O3. The molecule has 4 saturated carbocycles. The summed E-state index contributed by atoms with van der Waals surface area (Å²) in [5.41, 5.74) is 1.74. The van der Waals surface area contributed by atoms with Crippen molar-refractivity contribution < 1.29 is 23.4 Å². The second kappa shape index (κ2) is 7.93. The minimum Gasteiger partial charge on any atom is -0.435 e. The molecule has 7 atom stereocenters. The van der Waals surface area contributed by atoms with E-state index in [4.69, 9.17) is 0 Å². The monoisotopic (exact) mass is 444 g/mol. The highest BCUT2D eigenvalue weighted by molar-refractivity contribution is 6.05.